The van der Waals surface area contributed by atoms with Gasteiger partial charge in [-0.25, -0.2) is 9.78 Å². The Labute approximate surface area is 166 Å². The second-order valence-corrected chi connectivity index (χ2v) is 6.26. The molecule has 1 aromatic carbocycles. The maximum absolute atomic E-state index is 12.4. The Morgan fingerprint density at radius 1 is 1.10 bits per heavy atom. The topological polar surface area (TPSA) is 123 Å². The molecule has 0 spiro atoms. The summed E-state index contributed by atoms with van der Waals surface area (Å²) in [7, 11) is 0. The summed E-state index contributed by atoms with van der Waals surface area (Å²) in [5, 5.41) is 16.1. The van der Waals surface area contributed by atoms with E-state index in [1.165, 1.54) is 23.8 Å². The lowest BCUT2D eigenvalue weighted by molar-refractivity contribution is -0.118. The number of ether oxygens (including phenoxy) is 1. The summed E-state index contributed by atoms with van der Waals surface area (Å²) in [6.45, 7) is 1.98. The van der Waals surface area contributed by atoms with Gasteiger partial charge in [-0.15, -0.1) is 0 Å². The van der Waals surface area contributed by atoms with E-state index in [1.807, 2.05) is 30.3 Å². The zero-order chi connectivity index (χ0) is 20.8. The second kappa shape index (κ2) is 8.87. The van der Waals surface area contributed by atoms with Crippen LogP contribution in [-0.2, 0) is 11.3 Å². The first-order valence-electron chi connectivity index (χ1n) is 8.91. The van der Waals surface area contributed by atoms with Gasteiger partial charge in [0.1, 0.15) is 5.52 Å². The Balaban J connectivity index is 1.86. The van der Waals surface area contributed by atoms with Crippen LogP contribution in [0.25, 0.3) is 10.9 Å². The quantitative estimate of drug-likeness (QED) is 0.541. The molecule has 3 aromatic rings. The summed E-state index contributed by atoms with van der Waals surface area (Å²) in [6, 6.07) is 12.2. The molecule has 0 unspecified atom stereocenters. The molecule has 2 amide bonds. The number of nitrogens with one attached hydrogen (secondary N) is 2. The zero-order valence-corrected chi connectivity index (χ0v) is 15.7. The summed E-state index contributed by atoms with van der Waals surface area (Å²) >= 11 is 0. The second-order valence-electron chi connectivity index (χ2n) is 6.26. The first kappa shape index (κ1) is 19.9. The average Bonchev–Trinajstić information content (AvgIpc) is 2.70. The molecule has 0 bridgehead atoms. The molecule has 150 valence electrons. The average molecular weight is 396 g/mol. The van der Waals surface area contributed by atoms with Crippen molar-refractivity contribution in [3.63, 3.8) is 0 Å². The number of carbonyl (C=O) groups excluding carboxylic acids is 2. The lowest BCUT2D eigenvalue weighted by Crippen LogP contribution is -2.35. The van der Waals surface area contributed by atoms with Crippen molar-refractivity contribution in [2.24, 2.45) is 0 Å². The van der Waals surface area contributed by atoms with Gasteiger partial charge in [0.05, 0.1) is 6.54 Å². The fraction of sp³-hybridized carbons (Fsp3) is 0.200. The normalized spacial score (nSPS) is 10.5. The van der Waals surface area contributed by atoms with Crippen LogP contribution in [0.3, 0.4) is 0 Å². The maximum Gasteiger partial charge on any atom is 0.414 e. The molecule has 0 aliphatic carbocycles. The Bertz CT molecular complexity index is 1100. The zero-order valence-electron chi connectivity index (χ0n) is 15.7. The first-order valence-corrected chi connectivity index (χ1v) is 8.91. The smallest absolute Gasteiger partial charge is 0.414 e. The number of aromatic nitrogens is 2. The lowest BCUT2D eigenvalue weighted by Gasteiger charge is -2.13. The van der Waals surface area contributed by atoms with E-state index in [-0.39, 0.29) is 42.5 Å². The van der Waals surface area contributed by atoms with Gasteiger partial charge >= 0.3 is 6.09 Å². The Morgan fingerprint density at radius 3 is 2.55 bits per heavy atom. The minimum Gasteiger partial charge on any atom is -0.502 e. The Morgan fingerprint density at radius 2 is 1.83 bits per heavy atom. The number of hydrogen-bond acceptors (Lipinski definition) is 6. The van der Waals surface area contributed by atoms with Gasteiger partial charge in [0.15, 0.2) is 0 Å². The molecule has 0 aliphatic heterocycles. The van der Waals surface area contributed by atoms with Crippen molar-refractivity contribution in [2.75, 3.05) is 13.1 Å². The molecule has 29 heavy (non-hydrogen) atoms. The molecule has 3 rings (SSSR count). The van der Waals surface area contributed by atoms with Crippen LogP contribution in [-0.4, -0.2) is 39.7 Å². The van der Waals surface area contributed by atoms with Gasteiger partial charge in [0, 0.05) is 37.7 Å². The fourth-order valence-corrected chi connectivity index (χ4v) is 2.78. The predicted molar refractivity (Wildman–Crippen MR) is 106 cm³/mol. The highest BCUT2D eigenvalue weighted by Gasteiger charge is 2.17. The molecule has 2 aromatic heterocycles. The van der Waals surface area contributed by atoms with Gasteiger partial charge in [-0.3, -0.25) is 9.59 Å². The number of benzene rings is 1. The monoisotopic (exact) mass is 396 g/mol. The van der Waals surface area contributed by atoms with Gasteiger partial charge in [-0.1, -0.05) is 30.3 Å². The molecule has 0 saturated heterocycles. The van der Waals surface area contributed by atoms with E-state index in [0.717, 1.165) is 5.56 Å². The van der Waals surface area contributed by atoms with E-state index in [4.69, 9.17) is 4.74 Å². The molecule has 3 N–H and O–H groups in total. The molecule has 0 saturated carbocycles. The highest BCUT2D eigenvalue weighted by atomic mass is 16.6. The third-order valence-corrected chi connectivity index (χ3v) is 4.10. The molecule has 0 atom stereocenters. The Kier molecular flexibility index (Phi) is 6.08. The van der Waals surface area contributed by atoms with Crippen LogP contribution in [0, 0.1) is 0 Å². The van der Waals surface area contributed by atoms with E-state index in [1.54, 1.807) is 6.07 Å². The van der Waals surface area contributed by atoms with Crippen LogP contribution >= 0.6 is 0 Å². The lowest BCUT2D eigenvalue weighted by atomic mass is 10.2. The van der Waals surface area contributed by atoms with Gasteiger partial charge in [-0.2, -0.15) is 0 Å². The van der Waals surface area contributed by atoms with E-state index in [0.29, 0.717) is 5.39 Å². The standard InChI is InChI=1S/C20H20N4O5/c1-13(25)21-9-10-22-20(28)29-19-18(27)17-15(11-23-19)7-8-16(26)24(17)12-14-5-3-2-4-6-14/h2-8,11,27H,9-10,12H2,1H3,(H,21,25)(H,22,28). The summed E-state index contributed by atoms with van der Waals surface area (Å²) in [4.78, 5) is 39.1. The molecule has 0 aliphatic rings. The van der Waals surface area contributed by atoms with Crippen LogP contribution in [0.1, 0.15) is 12.5 Å². The fourth-order valence-electron chi connectivity index (χ4n) is 2.78. The van der Waals surface area contributed by atoms with Crippen LogP contribution in [0.2, 0.25) is 0 Å². The highest BCUT2D eigenvalue weighted by molar-refractivity contribution is 5.86. The van der Waals surface area contributed by atoms with Crippen LogP contribution < -0.4 is 20.9 Å². The number of amides is 2. The van der Waals surface area contributed by atoms with Crippen molar-refractivity contribution in [1.29, 1.82) is 0 Å². The summed E-state index contributed by atoms with van der Waals surface area (Å²) in [5.74, 6) is -0.944. The maximum atomic E-state index is 12.4. The molecule has 2 heterocycles. The molecular formula is C20H20N4O5. The van der Waals surface area contributed by atoms with Crippen LogP contribution in [0.4, 0.5) is 4.79 Å². The summed E-state index contributed by atoms with van der Waals surface area (Å²) < 4.78 is 6.46. The van der Waals surface area contributed by atoms with E-state index in [9.17, 15) is 19.5 Å². The largest absolute Gasteiger partial charge is 0.502 e. The van der Waals surface area contributed by atoms with Gasteiger partial charge in [0.25, 0.3) is 11.4 Å². The van der Waals surface area contributed by atoms with Crippen molar-refractivity contribution < 1.29 is 19.4 Å². The van der Waals surface area contributed by atoms with Crippen molar-refractivity contribution in [2.45, 2.75) is 13.5 Å². The number of fused-ring (bicyclic) bond motifs is 1. The number of carbonyl (C=O) groups is 2. The number of nitrogens with zero attached hydrogens (tertiary/aromatic N) is 2. The van der Waals surface area contributed by atoms with Crippen molar-refractivity contribution in [3.8, 4) is 11.6 Å². The van der Waals surface area contributed by atoms with E-state index in [2.05, 4.69) is 15.6 Å². The van der Waals surface area contributed by atoms with Crippen LogP contribution in [0.15, 0.2) is 53.5 Å². The Hall–Kier alpha value is -3.88. The van der Waals surface area contributed by atoms with E-state index >= 15 is 0 Å². The summed E-state index contributed by atoms with van der Waals surface area (Å²) in [5.41, 5.74) is 0.780. The predicted octanol–water partition coefficient (Wildman–Crippen LogP) is 1.37. The minimum atomic E-state index is -0.842. The molecule has 0 fully saturated rings. The van der Waals surface area contributed by atoms with Crippen LogP contribution in [0.5, 0.6) is 11.6 Å². The van der Waals surface area contributed by atoms with Gasteiger partial charge in [0.2, 0.25) is 11.7 Å². The van der Waals surface area contributed by atoms with E-state index < -0.39 is 11.8 Å². The number of hydrogen-bond donors (Lipinski definition) is 3. The minimum absolute atomic E-state index is 0.144. The SMILES string of the molecule is CC(=O)NCCNC(=O)Oc1ncc2ccc(=O)n(Cc3ccccc3)c2c1O. The molecule has 9 nitrogen and oxygen atoms in total. The molecular weight excluding hydrogens is 376 g/mol. The molecule has 0 radical (unpaired) electrons. The summed E-state index contributed by atoms with van der Waals surface area (Å²) in [6.07, 6.45) is 0.570. The van der Waals surface area contributed by atoms with Crippen molar-refractivity contribution in [1.82, 2.24) is 20.2 Å². The first-order chi connectivity index (χ1) is 14.0. The number of rotatable bonds is 6. The van der Waals surface area contributed by atoms with Gasteiger partial charge < -0.3 is 25.0 Å². The third kappa shape index (κ3) is 4.89. The van der Waals surface area contributed by atoms with Crippen molar-refractivity contribution >= 4 is 22.9 Å². The number of pyridine rings is 2. The van der Waals surface area contributed by atoms with Crippen molar-refractivity contribution in [3.05, 3.63) is 64.6 Å². The van der Waals surface area contributed by atoms with Gasteiger partial charge in [-0.05, 0) is 11.6 Å². The third-order valence-electron chi connectivity index (χ3n) is 4.10. The molecule has 9 heteroatoms. The highest BCUT2D eigenvalue weighted by Crippen LogP contribution is 2.31. The number of aromatic hydroxyl groups is 1.